The van der Waals surface area contributed by atoms with E-state index in [2.05, 4.69) is 31.1 Å². The van der Waals surface area contributed by atoms with Crippen molar-refractivity contribution in [2.24, 2.45) is 5.16 Å². The second kappa shape index (κ2) is 11.3. The van der Waals surface area contributed by atoms with Crippen molar-refractivity contribution in [3.05, 3.63) is 71.2 Å². The van der Waals surface area contributed by atoms with E-state index in [4.69, 9.17) is 4.84 Å². The SMILES string of the molecule is CCCCCCNc1cccc(CO/N=C(/c2ccccc2)c2nsnc2C)n1. The largest absolute Gasteiger partial charge is 0.389 e. The van der Waals surface area contributed by atoms with E-state index >= 15 is 0 Å². The Morgan fingerprint density at radius 1 is 1.03 bits per heavy atom. The Hall–Kier alpha value is -2.80. The van der Waals surface area contributed by atoms with Crippen LogP contribution in [0.25, 0.3) is 0 Å². The van der Waals surface area contributed by atoms with Gasteiger partial charge in [0.2, 0.25) is 0 Å². The maximum Gasteiger partial charge on any atom is 0.159 e. The quantitative estimate of drug-likeness (QED) is 0.268. The predicted molar refractivity (Wildman–Crippen MR) is 118 cm³/mol. The van der Waals surface area contributed by atoms with Crippen molar-refractivity contribution in [1.82, 2.24) is 13.7 Å². The lowest BCUT2D eigenvalue weighted by Crippen LogP contribution is -2.07. The molecule has 7 heteroatoms. The first-order valence-electron chi connectivity index (χ1n) is 10.0. The minimum atomic E-state index is 0.290. The van der Waals surface area contributed by atoms with Gasteiger partial charge in [0.25, 0.3) is 0 Å². The van der Waals surface area contributed by atoms with Gasteiger partial charge in [-0.3, -0.25) is 0 Å². The Kier molecular flexibility index (Phi) is 8.12. The van der Waals surface area contributed by atoms with E-state index in [9.17, 15) is 0 Å². The van der Waals surface area contributed by atoms with Crippen molar-refractivity contribution in [2.45, 2.75) is 46.1 Å². The molecule has 1 aromatic carbocycles. The van der Waals surface area contributed by atoms with E-state index in [-0.39, 0.29) is 6.61 Å². The van der Waals surface area contributed by atoms with Gasteiger partial charge in [-0.2, -0.15) is 8.75 Å². The van der Waals surface area contributed by atoms with Gasteiger partial charge in [-0.25, -0.2) is 4.98 Å². The number of aryl methyl sites for hydroxylation is 1. The lowest BCUT2D eigenvalue weighted by molar-refractivity contribution is 0.128. The molecule has 0 aliphatic carbocycles. The van der Waals surface area contributed by atoms with Crippen LogP contribution in [0.2, 0.25) is 0 Å². The molecule has 6 nitrogen and oxygen atoms in total. The topological polar surface area (TPSA) is 72.3 Å². The number of nitrogens with one attached hydrogen (secondary N) is 1. The summed E-state index contributed by atoms with van der Waals surface area (Å²) in [6, 6.07) is 15.8. The Morgan fingerprint density at radius 3 is 2.66 bits per heavy atom. The molecule has 0 unspecified atom stereocenters. The van der Waals surface area contributed by atoms with Crippen LogP contribution in [0, 0.1) is 6.92 Å². The number of hydrogen-bond acceptors (Lipinski definition) is 7. The number of nitrogens with zero attached hydrogens (tertiary/aromatic N) is 4. The first kappa shape index (κ1) is 20.9. The molecule has 0 spiro atoms. The highest BCUT2D eigenvalue weighted by molar-refractivity contribution is 6.99. The number of anilines is 1. The van der Waals surface area contributed by atoms with Gasteiger partial charge in [-0.05, 0) is 25.5 Å². The zero-order chi connectivity index (χ0) is 20.3. The maximum atomic E-state index is 5.66. The second-order valence-corrected chi connectivity index (χ2v) is 7.31. The van der Waals surface area contributed by atoms with Crippen molar-refractivity contribution in [3.63, 3.8) is 0 Å². The van der Waals surface area contributed by atoms with Crippen LogP contribution in [0.5, 0.6) is 0 Å². The zero-order valence-corrected chi connectivity index (χ0v) is 17.8. The van der Waals surface area contributed by atoms with Crippen LogP contribution in [0.3, 0.4) is 0 Å². The predicted octanol–water partition coefficient (Wildman–Crippen LogP) is 5.20. The van der Waals surface area contributed by atoms with Gasteiger partial charge >= 0.3 is 0 Å². The minimum Gasteiger partial charge on any atom is -0.389 e. The van der Waals surface area contributed by atoms with Crippen LogP contribution in [-0.2, 0) is 11.4 Å². The Bertz CT molecular complexity index is 910. The third kappa shape index (κ3) is 6.35. The summed E-state index contributed by atoms with van der Waals surface area (Å²) in [6.45, 7) is 5.37. The van der Waals surface area contributed by atoms with E-state index in [0.717, 1.165) is 41.4 Å². The van der Waals surface area contributed by atoms with Crippen LogP contribution < -0.4 is 5.32 Å². The number of hydrogen-bond donors (Lipinski definition) is 1. The van der Waals surface area contributed by atoms with E-state index in [1.807, 2.05) is 55.5 Å². The first-order chi connectivity index (χ1) is 14.3. The minimum absolute atomic E-state index is 0.290. The highest BCUT2D eigenvalue weighted by Gasteiger charge is 2.14. The van der Waals surface area contributed by atoms with Gasteiger partial charge in [-0.1, -0.05) is 67.7 Å². The van der Waals surface area contributed by atoms with Crippen molar-refractivity contribution >= 4 is 23.3 Å². The molecule has 2 heterocycles. The second-order valence-electron chi connectivity index (χ2n) is 6.78. The van der Waals surface area contributed by atoms with Gasteiger partial charge in [-0.15, -0.1) is 0 Å². The van der Waals surface area contributed by atoms with Crippen LogP contribution in [-0.4, -0.2) is 26.0 Å². The van der Waals surface area contributed by atoms with Crippen LogP contribution in [0.1, 0.15) is 55.3 Å². The van der Waals surface area contributed by atoms with Crippen molar-refractivity contribution in [3.8, 4) is 0 Å². The van der Waals surface area contributed by atoms with Crippen LogP contribution in [0.4, 0.5) is 5.82 Å². The molecule has 0 saturated carbocycles. The van der Waals surface area contributed by atoms with Gasteiger partial charge in [0.1, 0.15) is 17.2 Å². The summed E-state index contributed by atoms with van der Waals surface area (Å²) in [6.07, 6.45) is 4.92. The van der Waals surface area contributed by atoms with Gasteiger partial charge in [0, 0.05) is 12.1 Å². The fourth-order valence-electron chi connectivity index (χ4n) is 2.86. The molecule has 29 heavy (non-hydrogen) atoms. The number of rotatable bonds is 11. The normalized spacial score (nSPS) is 11.4. The van der Waals surface area contributed by atoms with E-state index in [1.54, 1.807) is 0 Å². The molecule has 0 aliphatic rings. The molecule has 0 bridgehead atoms. The number of aromatic nitrogens is 3. The fraction of sp³-hybridized carbons (Fsp3) is 0.364. The van der Waals surface area contributed by atoms with E-state index < -0.39 is 0 Å². The van der Waals surface area contributed by atoms with Gasteiger partial charge in [0.05, 0.1) is 23.1 Å². The monoisotopic (exact) mass is 409 g/mol. The van der Waals surface area contributed by atoms with E-state index in [1.165, 1.54) is 31.0 Å². The van der Waals surface area contributed by atoms with Gasteiger partial charge in [0.15, 0.2) is 6.61 Å². The molecular weight excluding hydrogens is 382 g/mol. The molecule has 1 N–H and O–H groups in total. The maximum absolute atomic E-state index is 5.66. The molecule has 0 amide bonds. The third-order valence-corrected chi connectivity index (χ3v) is 5.06. The average Bonchev–Trinajstić information content (AvgIpc) is 3.17. The summed E-state index contributed by atoms with van der Waals surface area (Å²) in [5.74, 6) is 0.870. The number of unbranched alkanes of at least 4 members (excludes halogenated alkanes) is 3. The molecular formula is C22H27N5OS. The Balaban J connectivity index is 1.64. The summed E-state index contributed by atoms with van der Waals surface area (Å²) in [5.41, 5.74) is 4.04. The summed E-state index contributed by atoms with van der Waals surface area (Å²) in [5, 5.41) is 7.76. The van der Waals surface area contributed by atoms with Crippen LogP contribution >= 0.6 is 11.7 Å². The summed E-state index contributed by atoms with van der Waals surface area (Å²) in [7, 11) is 0. The average molecular weight is 410 g/mol. The van der Waals surface area contributed by atoms with Crippen molar-refractivity contribution in [1.29, 1.82) is 0 Å². The molecule has 2 aromatic heterocycles. The third-order valence-electron chi connectivity index (χ3n) is 4.44. The van der Waals surface area contributed by atoms with Crippen molar-refractivity contribution in [2.75, 3.05) is 11.9 Å². The number of pyridine rings is 1. The summed E-state index contributed by atoms with van der Waals surface area (Å²) in [4.78, 5) is 10.3. The first-order valence-corrected chi connectivity index (χ1v) is 10.8. The highest BCUT2D eigenvalue weighted by atomic mass is 32.1. The molecule has 0 fully saturated rings. The summed E-state index contributed by atoms with van der Waals surface area (Å²) >= 11 is 1.18. The Morgan fingerprint density at radius 2 is 1.90 bits per heavy atom. The lowest BCUT2D eigenvalue weighted by Gasteiger charge is -2.08. The van der Waals surface area contributed by atoms with Gasteiger partial charge < -0.3 is 10.2 Å². The number of oxime groups is 1. The van der Waals surface area contributed by atoms with Crippen LogP contribution in [0.15, 0.2) is 53.7 Å². The molecule has 3 aromatic rings. The highest BCUT2D eigenvalue weighted by Crippen LogP contribution is 2.14. The molecule has 0 radical (unpaired) electrons. The Labute approximate surface area is 176 Å². The van der Waals surface area contributed by atoms with E-state index in [0.29, 0.717) is 5.71 Å². The standard InChI is InChI=1S/C22H27N5OS/c1-3-4-5-9-15-23-20-14-10-13-19(24-20)16-28-25-22(18-11-7-6-8-12-18)21-17(2)26-29-27-21/h6-8,10-14H,3-5,9,15-16H2,1-2H3,(H,23,24)/b25-22-. The molecule has 0 atom stereocenters. The smallest absolute Gasteiger partial charge is 0.159 e. The molecule has 0 saturated heterocycles. The number of benzene rings is 1. The lowest BCUT2D eigenvalue weighted by atomic mass is 10.1. The summed E-state index contributed by atoms with van der Waals surface area (Å²) < 4.78 is 8.64. The fourth-order valence-corrected chi connectivity index (χ4v) is 3.41. The zero-order valence-electron chi connectivity index (χ0n) is 17.0. The van der Waals surface area contributed by atoms with Crippen molar-refractivity contribution < 1.29 is 4.84 Å². The molecule has 0 aliphatic heterocycles. The molecule has 152 valence electrons. The molecule has 3 rings (SSSR count).